The number of rotatable bonds is 2. The summed E-state index contributed by atoms with van der Waals surface area (Å²) in [4.78, 5) is 3.30. The Bertz CT molecular complexity index is 310. The van der Waals surface area contributed by atoms with Gasteiger partial charge in [-0.15, -0.1) is 11.3 Å². The van der Waals surface area contributed by atoms with Gasteiger partial charge in [-0.3, -0.25) is 0 Å². The van der Waals surface area contributed by atoms with Crippen LogP contribution in [0.15, 0.2) is 12.1 Å². The summed E-state index contributed by atoms with van der Waals surface area (Å²) in [7, 11) is 0. The fourth-order valence-electron chi connectivity index (χ4n) is 1.89. The number of hydrogen-bond acceptors (Lipinski definition) is 2. The van der Waals surface area contributed by atoms with Gasteiger partial charge in [-0.2, -0.15) is 0 Å². The third-order valence-electron chi connectivity index (χ3n) is 2.68. The van der Waals surface area contributed by atoms with Crippen molar-refractivity contribution in [2.24, 2.45) is 5.92 Å². The molecule has 0 saturated carbocycles. The first-order valence-corrected chi connectivity index (χ1v) is 6.72. The first-order chi connectivity index (χ1) is 6.66. The van der Waals surface area contributed by atoms with Crippen LogP contribution < -0.4 is 0 Å². The average Bonchev–Trinajstić information content (AvgIpc) is 2.73. The van der Waals surface area contributed by atoms with Crippen LogP contribution in [0.3, 0.4) is 0 Å². The van der Waals surface area contributed by atoms with Gasteiger partial charge < -0.3 is 4.74 Å². The fraction of sp³-hybridized carbons (Fsp3) is 0.636. The second-order valence-corrected chi connectivity index (χ2v) is 6.30. The Morgan fingerprint density at radius 1 is 1.57 bits per heavy atom. The van der Waals surface area contributed by atoms with Crippen molar-refractivity contribution in [2.45, 2.75) is 31.2 Å². The van der Waals surface area contributed by atoms with Gasteiger partial charge in [0, 0.05) is 15.7 Å². The number of aryl methyl sites for hydroxylation is 1. The van der Waals surface area contributed by atoms with Crippen molar-refractivity contribution in [3.8, 4) is 0 Å². The molecule has 1 aliphatic heterocycles. The minimum Gasteiger partial charge on any atom is -0.378 e. The standard InChI is InChI=1S/C11H15BrOS/c1-7-5-9(6-13-7)11(12)10-4-3-8(2)14-10/h3-4,7,9,11H,5-6H2,1-2H3. The molecule has 2 heterocycles. The van der Waals surface area contributed by atoms with Gasteiger partial charge in [-0.1, -0.05) is 15.9 Å². The number of hydrogen-bond donors (Lipinski definition) is 0. The summed E-state index contributed by atoms with van der Waals surface area (Å²) >= 11 is 5.67. The lowest BCUT2D eigenvalue weighted by Crippen LogP contribution is -2.06. The highest BCUT2D eigenvalue weighted by molar-refractivity contribution is 9.09. The third-order valence-corrected chi connectivity index (χ3v) is 5.30. The zero-order valence-electron chi connectivity index (χ0n) is 8.50. The van der Waals surface area contributed by atoms with Crippen LogP contribution in [0.5, 0.6) is 0 Å². The average molecular weight is 275 g/mol. The molecule has 3 heteroatoms. The van der Waals surface area contributed by atoms with Gasteiger partial charge in [0.25, 0.3) is 0 Å². The molecule has 1 fully saturated rings. The lowest BCUT2D eigenvalue weighted by atomic mass is 10.0. The Morgan fingerprint density at radius 3 is 2.86 bits per heavy atom. The highest BCUT2D eigenvalue weighted by Gasteiger charge is 2.29. The smallest absolute Gasteiger partial charge is 0.0551 e. The van der Waals surface area contributed by atoms with E-state index < -0.39 is 0 Å². The highest BCUT2D eigenvalue weighted by atomic mass is 79.9. The molecular weight excluding hydrogens is 260 g/mol. The Kier molecular flexibility index (Phi) is 3.30. The summed E-state index contributed by atoms with van der Waals surface area (Å²) < 4.78 is 5.59. The van der Waals surface area contributed by atoms with E-state index in [0.717, 1.165) is 6.61 Å². The molecule has 0 aliphatic carbocycles. The summed E-state index contributed by atoms with van der Waals surface area (Å²) in [6.07, 6.45) is 1.61. The van der Waals surface area contributed by atoms with Gasteiger partial charge in [-0.25, -0.2) is 0 Å². The van der Waals surface area contributed by atoms with Gasteiger partial charge in [0.1, 0.15) is 0 Å². The minimum atomic E-state index is 0.432. The van der Waals surface area contributed by atoms with E-state index in [4.69, 9.17) is 4.74 Å². The maximum Gasteiger partial charge on any atom is 0.0551 e. The van der Waals surface area contributed by atoms with Gasteiger partial charge in [-0.05, 0) is 32.4 Å². The fourth-order valence-corrected chi connectivity index (χ4v) is 3.64. The molecule has 0 radical (unpaired) electrons. The van der Waals surface area contributed by atoms with Crippen LogP contribution in [-0.2, 0) is 4.74 Å². The summed E-state index contributed by atoms with van der Waals surface area (Å²) in [5, 5.41) is 0. The molecule has 1 aliphatic rings. The molecule has 1 aromatic rings. The van der Waals surface area contributed by atoms with Crippen LogP contribution in [0, 0.1) is 12.8 Å². The van der Waals surface area contributed by atoms with E-state index in [0.29, 0.717) is 16.8 Å². The highest BCUT2D eigenvalue weighted by Crippen LogP contribution is 2.40. The lowest BCUT2D eigenvalue weighted by molar-refractivity contribution is 0.120. The normalized spacial score (nSPS) is 29.4. The molecule has 0 bridgehead atoms. The zero-order chi connectivity index (χ0) is 10.1. The zero-order valence-corrected chi connectivity index (χ0v) is 10.9. The van der Waals surface area contributed by atoms with Crippen LogP contribution in [0.1, 0.15) is 27.9 Å². The van der Waals surface area contributed by atoms with Crippen LogP contribution in [0.4, 0.5) is 0 Å². The first kappa shape index (κ1) is 10.7. The second-order valence-electron chi connectivity index (χ2n) is 3.99. The Labute approximate surface area is 97.6 Å². The summed E-state index contributed by atoms with van der Waals surface area (Å²) in [5.74, 6) is 0.642. The molecule has 3 atom stereocenters. The maximum absolute atomic E-state index is 5.59. The number of alkyl halides is 1. The number of halogens is 1. The van der Waals surface area contributed by atoms with Crippen LogP contribution in [0.2, 0.25) is 0 Å². The van der Waals surface area contributed by atoms with E-state index in [2.05, 4.69) is 41.9 Å². The van der Waals surface area contributed by atoms with E-state index in [9.17, 15) is 0 Å². The van der Waals surface area contributed by atoms with Crippen molar-refractivity contribution < 1.29 is 4.74 Å². The van der Waals surface area contributed by atoms with Crippen molar-refractivity contribution in [3.05, 3.63) is 21.9 Å². The first-order valence-electron chi connectivity index (χ1n) is 4.99. The van der Waals surface area contributed by atoms with Crippen molar-refractivity contribution >= 4 is 27.3 Å². The summed E-state index contributed by atoms with van der Waals surface area (Å²) in [6.45, 7) is 5.20. The minimum absolute atomic E-state index is 0.432. The second kappa shape index (κ2) is 4.33. The van der Waals surface area contributed by atoms with Crippen molar-refractivity contribution in [1.29, 1.82) is 0 Å². The van der Waals surface area contributed by atoms with E-state index in [-0.39, 0.29) is 0 Å². The molecule has 1 saturated heterocycles. The van der Waals surface area contributed by atoms with Gasteiger partial charge >= 0.3 is 0 Å². The summed E-state index contributed by atoms with van der Waals surface area (Å²) in [6, 6.07) is 4.41. The molecule has 0 spiro atoms. The van der Waals surface area contributed by atoms with Crippen LogP contribution >= 0.6 is 27.3 Å². The van der Waals surface area contributed by atoms with E-state index in [1.54, 1.807) is 0 Å². The predicted molar refractivity (Wildman–Crippen MR) is 64.2 cm³/mol. The SMILES string of the molecule is Cc1ccc(C(Br)C2COC(C)C2)s1. The molecule has 2 rings (SSSR count). The topological polar surface area (TPSA) is 9.23 Å². The van der Waals surface area contributed by atoms with Gasteiger partial charge in [0.05, 0.1) is 17.5 Å². The third kappa shape index (κ3) is 2.20. The largest absolute Gasteiger partial charge is 0.378 e. The van der Waals surface area contributed by atoms with E-state index >= 15 is 0 Å². The Balaban J connectivity index is 2.05. The van der Waals surface area contributed by atoms with E-state index in [1.807, 2.05) is 11.3 Å². The van der Waals surface area contributed by atoms with Crippen molar-refractivity contribution in [2.75, 3.05) is 6.61 Å². The molecule has 3 unspecified atom stereocenters. The molecule has 78 valence electrons. The molecular formula is C11H15BrOS. The molecule has 0 aromatic carbocycles. The molecule has 14 heavy (non-hydrogen) atoms. The van der Waals surface area contributed by atoms with E-state index in [1.165, 1.54) is 16.2 Å². The van der Waals surface area contributed by atoms with Crippen molar-refractivity contribution in [3.63, 3.8) is 0 Å². The molecule has 1 nitrogen and oxygen atoms in total. The predicted octanol–water partition coefficient (Wildman–Crippen LogP) is 3.92. The molecule has 0 amide bonds. The number of thiophene rings is 1. The Hall–Kier alpha value is 0.140. The molecule has 0 N–H and O–H groups in total. The molecule has 1 aromatic heterocycles. The van der Waals surface area contributed by atoms with Gasteiger partial charge in [0.2, 0.25) is 0 Å². The van der Waals surface area contributed by atoms with Crippen LogP contribution in [-0.4, -0.2) is 12.7 Å². The Morgan fingerprint density at radius 2 is 2.36 bits per heavy atom. The summed E-state index contributed by atoms with van der Waals surface area (Å²) in [5.41, 5.74) is 0. The van der Waals surface area contributed by atoms with Crippen molar-refractivity contribution in [1.82, 2.24) is 0 Å². The van der Waals surface area contributed by atoms with Crippen LogP contribution in [0.25, 0.3) is 0 Å². The number of ether oxygens (including phenoxy) is 1. The quantitative estimate of drug-likeness (QED) is 0.743. The monoisotopic (exact) mass is 274 g/mol. The lowest BCUT2D eigenvalue weighted by Gasteiger charge is -2.13. The van der Waals surface area contributed by atoms with Gasteiger partial charge in [0.15, 0.2) is 0 Å². The maximum atomic E-state index is 5.59.